The molecule has 0 saturated heterocycles. The highest BCUT2D eigenvalue weighted by Gasteiger charge is 2.23. The maximum atomic E-state index is 12.0. The molecule has 2 heterocycles. The number of hydrogen-bond donors (Lipinski definition) is 1. The molecule has 1 aliphatic rings. The lowest BCUT2D eigenvalue weighted by Crippen LogP contribution is -2.33. The van der Waals surface area contributed by atoms with Crippen LogP contribution in [0.3, 0.4) is 0 Å². The van der Waals surface area contributed by atoms with Gasteiger partial charge in [-0.1, -0.05) is 6.08 Å². The summed E-state index contributed by atoms with van der Waals surface area (Å²) in [5, 5.41) is 0. The van der Waals surface area contributed by atoms with Gasteiger partial charge in [-0.3, -0.25) is 14.3 Å². The standard InChI is InChI=1S/C36H62N2O18/c1-31-29-38(35(40)37-34(31)39)33-4-3-32(56-33)30-55-36(41)54-28-27-53-26-25-52-24-23-51-22-21-50-20-19-49-18-17-48-16-15-47-14-13-46-12-11-45-10-9-44-8-7-43-6-5-42-2/h3-4,29,32-33H,5-28,30H2,1-2H3,(H,37,39,40)/t32-,33+/m0/s1. The predicted molar refractivity (Wildman–Crippen MR) is 197 cm³/mol. The third-order valence-corrected chi connectivity index (χ3v) is 7.19. The number of carbonyl (C=O) groups is 1. The van der Waals surface area contributed by atoms with Crippen LogP contribution in [0.1, 0.15) is 11.8 Å². The molecule has 1 N–H and O–H groups in total. The van der Waals surface area contributed by atoms with Gasteiger partial charge in [0.1, 0.15) is 19.3 Å². The van der Waals surface area contributed by atoms with Crippen molar-refractivity contribution in [3.63, 3.8) is 0 Å². The highest BCUT2D eigenvalue weighted by Crippen LogP contribution is 2.19. The highest BCUT2D eigenvalue weighted by atomic mass is 16.7. The molecule has 0 bridgehead atoms. The summed E-state index contributed by atoms with van der Waals surface area (Å²) in [5.41, 5.74) is -0.684. The maximum absolute atomic E-state index is 12.0. The Morgan fingerprint density at radius 1 is 0.554 bits per heavy atom. The van der Waals surface area contributed by atoms with Crippen molar-refractivity contribution in [1.29, 1.82) is 0 Å². The van der Waals surface area contributed by atoms with Gasteiger partial charge in [0.15, 0.2) is 6.23 Å². The van der Waals surface area contributed by atoms with Gasteiger partial charge < -0.3 is 71.1 Å². The van der Waals surface area contributed by atoms with Gasteiger partial charge in [-0.25, -0.2) is 9.59 Å². The molecule has 1 aliphatic heterocycles. The third kappa shape index (κ3) is 26.9. The van der Waals surface area contributed by atoms with Crippen LogP contribution in [0.4, 0.5) is 4.79 Å². The number of nitrogens with one attached hydrogen (secondary N) is 1. The second kappa shape index (κ2) is 35.3. The van der Waals surface area contributed by atoms with Gasteiger partial charge in [0.05, 0.1) is 152 Å². The van der Waals surface area contributed by atoms with Crippen LogP contribution in [0, 0.1) is 6.92 Å². The van der Waals surface area contributed by atoms with Crippen molar-refractivity contribution in [2.24, 2.45) is 0 Å². The first kappa shape index (κ1) is 49.3. The molecule has 0 amide bonds. The molecule has 324 valence electrons. The van der Waals surface area contributed by atoms with Crippen LogP contribution in [-0.4, -0.2) is 194 Å². The number of carbonyl (C=O) groups excluding carboxylic acids is 1. The van der Waals surface area contributed by atoms with Gasteiger partial charge in [-0.2, -0.15) is 0 Å². The minimum Gasteiger partial charge on any atom is -0.432 e. The van der Waals surface area contributed by atoms with E-state index >= 15 is 0 Å². The molecule has 56 heavy (non-hydrogen) atoms. The van der Waals surface area contributed by atoms with E-state index in [1.54, 1.807) is 26.2 Å². The second-order valence-electron chi connectivity index (χ2n) is 11.6. The molecule has 0 saturated carbocycles. The van der Waals surface area contributed by atoms with E-state index in [4.69, 9.17) is 71.1 Å². The summed E-state index contributed by atoms with van der Waals surface area (Å²) >= 11 is 0. The minimum absolute atomic E-state index is 0.00788. The molecule has 0 aliphatic carbocycles. The van der Waals surface area contributed by atoms with Crippen LogP contribution < -0.4 is 11.2 Å². The van der Waals surface area contributed by atoms with Crippen molar-refractivity contribution in [2.45, 2.75) is 19.3 Å². The van der Waals surface area contributed by atoms with Crippen molar-refractivity contribution in [3.8, 4) is 0 Å². The number of ether oxygens (including phenoxy) is 15. The van der Waals surface area contributed by atoms with Crippen molar-refractivity contribution in [3.05, 3.63) is 44.8 Å². The first-order valence-electron chi connectivity index (χ1n) is 18.8. The van der Waals surface area contributed by atoms with E-state index in [0.29, 0.717) is 151 Å². The third-order valence-electron chi connectivity index (χ3n) is 7.19. The van der Waals surface area contributed by atoms with E-state index in [-0.39, 0.29) is 19.8 Å². The van der Waals surface area contributed by atoms with Gasteiger partial charge in [0, 0.05) is 18.9 Å². The van der Waals surface area contributed by atoms with Gasteiger partial charge in [0.2, 0.25) is 0 Å². The largest absolute Gasteiger partial charge is 0.508 e. The van der Waals surface area contributed by atoms with Gasteiger partial charge in [0.25, 0.3) is 5.56 Å². The molecule has 2 rings (SSSR count). The van der Waals surface area contributed by atoms with E-state index in [9.17, 15) is 14.4 Å². The quantitative estimate of drug-likeness (QED) is 0.0538. The predicted octanol–water partition coefficient (Wildman–Crippen LogP) is 0.281. The summed E-state index contributed by atoms with van der Waals surface area (Å²) in [7, 11) is 1.64. The Morgan fingerprint density at radius 2 is 0.911 bits per heavy atom. The van der Waals surface area contributed by atoms with E-state index < -0.39 is 29.7 Å². The summed E-state index contributed by atoms with van der Waals surface area (Å²) in [6.45, 7) is 12.2. The average Bonchev–Trinajstić information content (AvgIpc) is 3.67. The SMILES string of the molecule is COCCOCCOCCOCCOCCOCCOCCOCCOCCOCCOCCOCCOC(=O)OC[C@@H]1C=C[C@H](n2cc(C)c(=O)[nH]c2=O)O1. The highest BCUT2D eigenvalue weighted by molar-refractivity contribution is 5.59. The average molecular weight is 811 g/mol. The Labute approximate surface area is 327 Å². The molecule has 2 atom stereocenters. The Hall–Kier alpha value is -2.83. The van der Waals surface area contributed by atoms with Crippen LogP contribution in [0.5, 0.6) is 0 Å². The molecule has 0 radical (unpaired) electrons. The van der Waals surface area contributed by atoms with Crippen LogP contribution in [0.25, 0.3) is 0 Å². The number of aromatic amines is 1. The minimum atomic E-state index is -0.869. The van der Waals surface area contributed by atoms with Crippen molar-refractivity contribution in [1.82, 2.24) is 9.55 Å². The zero-order valence-corrected chi connectivity index (χ0v) is 32.9. The normalized spacial score (nSPS) is 15.2. The molecule has 0 unspecified atom stereocenters. The number of aryl methyl sites for hydroxylation is 1. The van der Waals surface area contributed by atoms with Crippen LogP contribution in [0.15, 0.2) is 27.9 Å². The number of rotatable bonds is 39. The molecule has 20 heteroatoms. The monoisotopic (exact) mass is 810 g/mol. The molecule has 1 aromatic heterocycles. The number of hydrogen-bond acceptors (Lipinski definition) is 18. The number of aromatic nitrogens is 2. The molecule has 0 fully saturated rings. The number of methoxy groups -OCH3 is 1. The first-order chi connectivity index (χ1) is 27.5. The second-order valence-corrected chi connectivity index (χ2v) is 11.6. The van der Waals surface area contributed by atoms with Gasteiger partial charge in [-0.15, -0.1) is 0 Å². The maximum Gasteiger partial charge on any atom is 0.508 e. The zero-order valence-electron chi connectivity index (χ0n) is 32.9. The Morgan fingerprint density at radius 3 is 1.29 bits per heavy atom. The molecule has 0 spiro atoms. The van der Waals surface area contributed by atoms with Crippen LogP contribution >= 0.6 is 0 Å². The first-order valence-corrected chi connectivity index (χ1v) is 18.8. The van der Waals surface area contributed by atoms with Gasteiger partial charge >= 0.3 is 11.8 Å². The lowest BCUT2D eigenvalue weighted by Gasteiger charge is -2.16. The van der Waals surface area contributed by atoms with E-state index in [1.807, 2.05) is 0 Å². The fraction of sp³-hybridized carbons (Fsp3) is 0.806. The fourth-order valence-electron chi connectivity index (χ4n) is 4.34. The molecular weight excluding hydrogens is 748 g/mol. The molecule has 20 nitrogen and oxygen atoms in total. The van der Waals surface area contributed by atoms with Gasteiger partial charge in [-0.05, 0) is 13.0 Å². The number of nitrogens with zero attached hydrogens (tertiary/aromatic N) is 1. The summed E-state index contributed by atoms with van der Waals surface area (Å²) in [6.07, 6.45) is 2.55. The smallest absolute Gasteiger partial charge is 0.432 e. The van der Waals surface area contributed by atoms with Crippen molar-refractivity contribution in [2.75, 3.05) is 172 Å². The summed E-state index contributed by atoms with van der Waals surface area (Å²) < 4.78 is 81.6. The Balaban J connectivity index is 1.20. The topological polar surface area (TPSA) is 210 Å². The van der Waals surface area contributed by atoms with Crippen LogP contribution in [0.2, 0.25) is 0 Å². The lowest BCUT2D eigenvalue weighted by atomic mass is 10.3. The lowest BCUT2D eigenvalue weighted by molar-refractivity contribution is -0.0359. The van der Waals surface area contributed by atoms with Crippen molar-refractivity contribution < 1.29 is 75.8 Å². The van der Waals surface area contributed by atoms with E-state index in [0.717, 1.165) is 0 Å². The molecule has 1 aromatic rings. The zero-order chi connectivity index (χ0) is 40.2. The summed E-state index contributed by atoms with van der Waals surface area (Å²) in [6, 6.07) is 0. The van der Waals surface area contributed by atoms with Crippen molar-refractivity contribution >= 4 is 6.16 Å². The summed E-state index contributed by atoms with van der Waals surface area (Å²) in [5.74, 6) is 0. The van der Waals surface area contributed by atoms with E-state index in [1.165, 1.54) is 10.8 Å². The molecule has 0 aromatic carbocycles. The van der Waals surface area contributed by atoms with E-state index in [2.05, 4.69) is 4.98 Å². The fourth-order valence-corrected chi connectivity index (χ4v) is 4.34. The number of H-pyrrole nitrogens is 1. The van der Waals surface area contributed by atoms with Crippen LogP contribution in [-0.2, 0) is 71.1 Å². The Kier molecular flexibility index (Phi) is 31.1. The summed E-state index contributed by atoms with van der Waals surface area (Å²) in [4.78, 5) is 37.6. The molecular formula is C36H62N2O18. The Bertz CT molecular complexity index is 1230.